The molecule has 4 heteroatoms. The van der Waals surface area contributed by atoms with Gasteiger partial charge in [0.1, 0.15) is 0 Å². The van der Waals surface area contributed by atoms with Gasteiger partial charge in [-0.05, 0) is 41.5 Å². The fourth-order valence-corrected chi connectivity index (χ4v) is 3.23. The molecule has 0 spiro atoms. The van der Waals surface area contributed by atoms with E-state index in [1.54, 1.807) is 0 Å². The molecule has 1 heterocycles. The van der Waals surface area contributed by atoms with Crippen LogP contribution in [-0.4, -0.2) is 19.6 Å². The van der Waals surface area contributed by atoms with Gasteiger partial charge in [-0.3, -0.25) is 0 Å². The molecular weight excluding hydrogens is 315 g/mol. The van der Waals surface area contributed by atoms with Crippen LogP contribution in [-0.2, 0) is 0 Å². The molecule has 0 unspecified atom stereocenters. The van der Waals surface area contributed by atoms with Crippen LogP contribution in [0.4, 0.5) is 5.69 Å². The van der Waals surface area contributed by atoms with Gasteiger partial charge >= 0.3 is 0 Å². The minimum Gasteiger partial charge on any atom is -0.361 e. The lowest BCUT2D eigenvalue weighted by Crippen LogP contribution is -2.46. The van der Waals surface area contributed by atoms with Gasteiger partial charge in [0.25, 0.3) is 0 Å². The number of benzene rings is 2. The smallest absolute Gasteiger partial charge is 0.0667 e. The van der Waals surface area contributed by atoms with Crippen LogP contribution in [0.1, 0.15) is 17.2 Å². The van der Waals surface area contributed by atoms with E-state index in [1.807, 2.05) is 30.3 Å². The van der Waals surface area contributed by atoms with Crippen molar-refractivity contribution in [3.63, 3.8) is 0 Å². The number of nitrogens with one attached hydrogen (secondary N) is 1. The zero-order chi connectivity index (χ0) is 15.5. The van der Waals surface area contributed by atoms with Gasteiger partial charge in [0.15, 0.2) is 0 Å². The van der Waals surface area contributed by atoms with Gasteiger partial charge in [-0.2, -0.15) is 0 Å². The Bertz CT molecular complexity index is 667. The second kappa shape index (κ2) is 6.74. The van der Waals surface area contributed by atoms with Crippen molar-refractivity contribution in [1.29, 1.82) is 0 Å². The molecule has 0 amide bonds. The van der Waals surface area contributed by atoms with Crippen LogP contribution in [0.25, 0.3) is 6.08 Å². The Labute approximate surface area is 141 Å². The van der Waals surface area contributed by atoms with Crippen LogP contribution < -0.4 is 10.2 Å². The molecule has 3 rings (SSSR count). The van der Waals surface area contributed by atoms with Gasteiger partial charge in [-0.1, -0.05) is 48.0 Å². The third-order valence-corrected chi connectivity index (χ3v) is 4.50. The summed E-state index contributed by atoms with van der Waals surface area (Å²) in [6.07, 6.45) is 1.86. The van der Waals surface area contributed by atoms with E-state index in [2.05, 4.69) is 35.0 Å². The summed E-state index contributed by atoms with van der Waals surface area (Å²) >= 11 is 12.1. The van der Waals surface area contributed by atoms with Gasteiger partial charge in [0.05, 0.1) is 6.04 Å². The fraction of sp³-hybridized carbons (Fsp3) is 0.222. The van der Waals surface area contributed by atoms with E-state index in [0.717, 1.165) is 35.2 Å². The summed E-state index contributed by atoms with van der Waals surface area (Å²) < 4.78 is 0. The molecule has 1 atom stereocenters. The normalized spacial score (nSPS) is 18.3. The molecule has 1 fully saturated rings. The predicted molar refractivity (Wildman–Crippen MR) is 96.0 cm³/mol. The first-order valence-corrected chi connectivity index (χ1v) is 8.09. The van der Waals surface area contributed by atoms with E-state index in [4.69, 9.17) is 23.2 Å². The lowest BCUT2D eigenvalue weighted by Gasteiger charge is -2.39. The lowest BCUT2D eigenvalue weighted by molar-refractivity contribution is 0.490. The molecule has 0 aliphatic carbocycles. The molecule has 0 radical (unpaired) electrons. The second-order valence-corrected chi connectivity index (χ2v) is 6.25. The molecule has 1 aliphatic rings. The second-order valence-electron chi connectivity index (χ2n) is 5.37. The van der Waals surface area contributed by atoms with Crippen LogP contribution in [0, 0.1) is 0 Å². The maximum absolute atomic E-state index is 6.11. The van der Waals surface area contributed by atoms with Crippen molar-refractivity contribution >= 4 is 35.0 Å². The van der Waals surface area contributed by atoms with Crippen molar-refractivity contribution in [2.75, 3.05) is 24.5 Å². The van der Waals surface area contributed by atoms with Crippen LogP contribution in [0.5, 0.6) is 0 Å². The summed E-state index contributed by atoms with van der Waals surface area (Å²) in [6, 6.07) is 14.3. The largest absolute Gasteiger partial charge is 0.361 e. The van der Waals surface area contributed by atoms with Crippen LogP contribution >= 0.6 is 23.2 Å². The first-order chi connectivity index (χ1) is 10.7. The Morgan fingerprint density at radius 3 is 2.55 bits per heavy atom. The Kier molecular flexibility index (Phi) is 4.72. The summed E-state index contributed by atoms with van der Waals surface area (Å²) in [5.41, 5.74) is 3.48. The molecule has 1 saturated heterocycles. The Balaban J connectivity index is 1.99. The molecule has 0 saturated carbocycles. The first-order valence-electron chi connectivity index (χ1n) is 7.34. The van der Waals surface area contributed by atoms with Crippen LogP contribution in [0.3, 0.4) is 0 Å². The van der Waals surface area contributed by atoms with Crippen molar-refractivity contribution < 1.29 is 0 Å². The average molecular weight is 333 g/mol. The van der Waals surface area contributed by atoms with E-state index in [0.29, 0.717) is 0 Å². The minimum absolute atomic E-state index is 0.269. The van der Waals surface area contributed by atoms with Gasteiger partial charge in [0.2, 0.25) is 0 Å². The maximum atomic E-state index is 6.11. The highest BCUT2D eigenvalue weighted by molar-refractivity contribution is 6.31. The van der Waals surface area contributed by atoms with Crippen LogP contribution in [0.15, 0.2) is 49.0 Å². The molecule has 1 N–H and O–H groups in total. The van der Waals surface area contributed by atoms with Crippen molar-refractivity contribution in [2.45, 2.75) is 6.04 Å². The molecule has 1 aliphatic heterocycles. The van der Waals surface area contributed by atoms with Gasteiger partial charge in [-0.15, -0.1) is 0 Å². The average Bonchev–Trinajstić information content (AvgIpc) is 2.55. The Hall–Kier alpha value is -1.48. The van der Waals surface area contributed by atoms with Crippen LogP contribution in [0.2, 0.25) is 10.0 Å². The van der Waals surface area contributed by atoms with Gasteiger partial charge in [-0.25, -0.2) is 0 Å². The lowest BCUT2D eigenvalue weighted by atomic mass is 10.0. The number of halogens is 2. The standard InChI is InChI=1S/C18H18Cl2N2/c1-2-13-11-16(20)7-8-17(13)22-10-9-21-12-18(22)14-3-5-15(19)6-4-14/h2-8,11,18,21H,1,9-10,12H2/t18-/m0/s1. The van der Waals surface area contributed by atoms with E-state index in [1.165, 1.54) is 11.3 Å². The first kappa shape index (κ1) is 15.4. The number of hydrogen-bond acceptors (Lipinski definition) is 2. The van der Waals surface area contributed by atoms with Crippen molar-refractivity contribution in [1.82, 2.24) is 5.32 Å². The van der Waals surface area contributed by atoms with Gasteiger partial charge < -0.3 is 10.2 Å². The SMILES string of the molecule is C=Cc1cc(Cl)ccc1N1CCNC[C@H]1c1ccc(Cl)cc1. The highest BCUT2D eigenvalue weighted by atomic mass is 35.5. The van der Waals surface area contributed by atoms with E-state index in [9.17, 15) is 0 Å². The molecular formula is C18H18Cl2N2. The number of anilines is 1. The Morgan fingerprint density at radius 2 is 1.82 bits per heavy atom. The summed E-state index contributed by atoms with van der Waals surface area (Å²) in [4.78, 5) is 2.41. The quantitative estimate of drug-likeness (QED) is 0.869. The summed E-state index contributed by atoms with van der Waals surface area (Å²) in [7, 11) is 0. The highest BCUT2D eigenvalue weighted by Crippen LogP contribution is 2.33. The number of nitrogens with zero attached hydrogens (tertiary/aromatic N) is 1. The predicted octanol–water partition coefficient (Wildman–Crippen LogP) is 4.79. The summed E-state index contributed by atoms with van der Waals surface area (Å²) in [5.74, 6) is 0. The monoisotopic (exact) mass is 332 g/mol. The van der Waals surface area contributed by atoms with E-state index in [-0.39, 0.29) is 6.04 Å². The number of hydrogen-bond donors (Lipinski definition) is 1. The number of rotatable bonds is 3. The molecule has 0 aromatic heterocycles. The maximum Gasteiger partial charge on any atom is 0.0667 e. The summed E-state index contributed by atoms with van der Waals surface area (Å²) in [6.45, 7) is 6.72. The third kappa shape index (κ3) is 3.14. The molecule has 114 valence electrons. The van der Waals surface area contributed by atoms with E-state index >= 15 is 0 Å². The van der Waals surface area contributed by atoms with E-state index < -0.39 is 0 Å². The topological polar surface area (TPSA) is 15.3 Å². The zero-order valence-corrected chi connectivity index (χ0v) is 13.7. The Morgan fingerprint density at radius 1 is 1.09 bits per heavy atom. The highest BCUT2D eigenvalue weighted by Gasteiger charge is 2.25. The van der Waals surface area contributed by atoms with Crippen molar-refractivity contribution in [2.24, 2.45) is 0 Å². The molecule has 22 heavy (non-hydrogen) atoms. The fourth-order valence-electron chi connectivity index (χ4n) is 2.93. The summed E-state index contributed by atoms with van der Waals surface area (Å²) in [5, 5.41) is 4.96. The van der Waals surface area contributed by atoms with Gasteiger partial charge in [0, 0.05) is 35.4 Å². The van der Waals surface area contributed by atoms with Crippen molar-refractivity contribution in [3.05, 3.63) is 70.2 Å². The molecule has 0 bridgehead atoms. The third-order valence-electron chi connectivity index (χ3n) is 4.02. The molecule has 2 nitrogen and oxygen atoms in total. The van der Waals surface area contributed by atoms with Crippen molar-refractivity contribution in [3.8, 4) is 0 Å². The molecule has 2 aromatic carbocycles. The minimum atomic E-state index is 0.269. The molecule has 2 aromatic rings. The zero-order valence-electron chi connectivity index (χ0n) is 12.2. The number of piperazine rings is 1.